The normalized spacial score (nSPS) is 10.0. The molecule has 0 aliphatic rings. The number of aryl methyl sites for hydroxylation is 2. The maximum absolute atomic E-state index is 11.9. The Hall–Kier alpha value is -2.67. The average Bonchev–Trinajstić information content (AvgIpc) is 2.48. The molecule has 0 amide bonds. The van der Waals surface area contributed by atoms with Crippen LogP contribution in [0.15, 0.2) is 30.3 Å². The molecule has 0 aliphatic heterocycles. The third-order valence-electron chi connectivity index (χ3n) is 3.15. The number of benzene rings is 1. The van der Waals surface area contributed by atoms with Gasteiger partial charge in [-0.2, -0.15) is 5.26 Å². The van der Waals surface area contributed by atoms with Gasteiger partial charge in [0.05, 0.1) is 29.1 Å². The van der Waals surface area contributed by atoms with Crippen LogP contribution in [0.25, 0.3) is 11.3 Å². The van der Waals surface area contributed by atoms with Crippen LogP contribution in [0.2, 0.25) is 0 Å². The van der Waals surface area contributed by atoms with Gasteiger partial charge in [-0.15, -0.1) is 0 Å². The van der Waals surface area contributed by atoms with Crippen LogP contribution < -0.4 is 0 Å². The molecule has 0 unspecified atom stereocenters. The number of rotatable bonds is 3. The smallest absolute Gasteiger partial charge is 0.340 e. The van der Waals surface area contributed by atoms with Crippen LogP contribution in [0.1, 0.15) is 34.1 Å². The molecule has 0 saturated carbocycles. The Kier molecular flexibility index (Phi) is 4.34. The molecule has 0 bridgehead atoms. The number of pyridine rings is 1. The lowest BCUT2D eigenvalue weighted by atomic mass is 10.0. The minimum atomic E-state index is -0.450. The minimum Gasteiger partial charge on any atom is -0.462 e. The van der Waals surface area contributed by atoms with Crippen molar-refractivity contribution in [2.75, 3.05) is 6.61 Å². The van der Waals surface area contributed by atoms with Gasteiger partial charge in [-0.1, -0.05) is 29.8 Å². The second-order valence-electron chi connectivity index (χ2n) is 4.72. The monoisotopic (exact) mass is 280 g/mol. The standard InChI is InChI=1S/C17H16N2O2/c1-4-21-17(20)15-9-14(10-18)16(19-12(15)3)13-7-5-11(2)6-8-13/h5-9H,4H2,1-3H3. The molecule has 0 N–H and O–H groups in total. The Labute approximate surface area is 124 Å². The van der Waals surface area contributed by atoms with Crippen molar-refractivity contribution in [2.24, 2.45) is 0 Å². The van der Waals surface area contributed by atoms with E-state index in [1.165, 1.54) is 0 Å². The van der Waals surface area contributed by atoms with Crippen molar-refractivity contribution in [3.05, 3.63) is 52.7 Å². The first kappa shape index (κ1) is 14.7. The Morgan fingerprint density at radius 1 is 1.29 bits per heavy atom. The van der Waals surface area contributed by atoms with Crippen LogP contribution in [-0.4, -0.2) is 17.6 Å². The van der Waals surface area contributed by atoms with E-state index in [9.17, 15) is 10.1 Å². The number of hydrogen-bond acceptors (Lipinski definition) is 4. The fourth-order valence-electron chi connectivity index (χ4n) is 2.04. The van der Waals surface area contributed by atoms with Crippen molar-refractivity contribution in [3.8, 4) is 17.3 Å². The Balaban J connectivity index is 2.54. The highest BCUT2D eigenvalue weighted by Gasteiger charge is 2.16. The third-order valence-corrected chi connectivity index (χ3v) is 3.15. The summed E-state index contributed by atoms with van der Waals surface area (Å²) in [4.78, 5) is 16.3. The van der Waals surface area contributed by atoms with E-state index in [2.05, 4.69) is 11.1 Å². The molecule has 106 valence electrons. The van der Waals surface area contributed by atoms with Crippen molar-refractivity contribution >= 4 is 5.97 Å². The molecule has 1 heterocycles. The first-order valence-electron chi connectivity index (χ1n) is 6.72. The Morgan fingerprint density at radius 3 is 2.52 bits per heavy atom. The van der Waals surface area contributed by atoms with Gasteiger partial charge < -0.3 is 4.74 Å². The Morgan fingerprint density at radius 2 is 1.95 bits per heavy atom. The molecule has 4 heteroatoms. The van der Waals surface area contributed by atoms with Crippen LogP contribution in [0, 0.1) is 25.2 Å². The van der Waals surface area contributed by atoms with Crippen molar-refractivity contribution in [1.82, 2.24) is 4.98 Å². The Bertz CT molecular complexity index is 713. The topological polar surface area (TPSA) is 63.0 Å². The SMILES string of the molecule is CCOC(=O)c1cc(C#N)c(-c2ccc(C)cc2)nc1C. The van der Waals surface area contributed by atoms with Crippen molar-refractivity contribution in [1.29, 1.82) is 5.26 Å². The molecule has 0 saturated heterocycles. The summed E-state index contributed by atoms with van der Waals surface area (Å²) in [6, 6.07) is 11.4. The first-order valence-corrected chi connectivity index (χ1v) is 6.72. The van der Waals surface area contributed by atoms with E-state index >= 15 is 0 Å². The fraction of sp³-hybridized carbons (Fsp3) is 0.235. The van der Waals surface area contributed by atoms with Gasteiger partial charge in [0, 0.05) is 5.56 Å². The predicted octanol–water partition coefficient (Wildman–Crippen LogP) is 3.41. The van der Waals surface area contributed by atoms with Crippen LogP contribution in [0.3, 0.4) is 0 Å². The molecule has 0 atom stereocenters. The van der Waals surface area contributed by atoms with Gasteiger partial charge in [-0.05, 0) is 26.8 Å². The van der Waals surface area contributed by atoms with E-state index in [-0.39, 0.29) is 0 Å². The lowest BCUT2D eigenvalue weighted by molar-refractivity contribution is 0.0525. The van der Waals surface area contributed by atoms with Gasteiger partial charge in [0.15, 0.2) is 0 Å². The summed E-state index contributed by atoms with van der Waals surface area (Å²) in [5.74, 6) is -0.450. The van der Waals surface area contributed by atoms with Crippen LogP contribution >= 0.6 is 0 Å². The average molecular weight is 280 g/mol. The van der Waals surface area contributed by atoms with E-state index in [0.717, 1.165) is 11.1 Å². The maximum atomic E-state index is 11.9. The zero-order chi connectivity index (χ0) is 15.4. The van der Waals surface area contributed by atoms with Crippen LogP contribution in [0.5, 0.6) is 0 Å². The fourth-order valence-corrected chi connectivity index (χ4v) is 2.04. The highest BCUT2D eigenvalue weighted by atomic mass is 16.5. The van der Waals surface area contributed by atoms with Gasteiger partial charge >= 0.3 is 5.97 Å². The van der Waals surface area contributed by atoms with Gasteiger partial charge in [-0.25, -0.2) is 4.79 Å². The summed E-state index contributed by atoms with van der Waals surface area (Å²) in [6.07, 6.45) is 0. The molecule has 0 fully saturated rings. The molecule has 2 aromatic rings. The predicted molar refractivity (Wildman–Crippen MR) is 79.8 cm³/mol. The number of ether oxygens (including phenoxy) is 1. The highest BCUT2D eigenvalue weighted by Crippen LogP contribution is 2.24. The molecule has 1 aromatic heterocycles. The second-order valence-corrected chi connectivity index (χ2v) is 4.72. The van der Waals surface area contributed by atoms with Crippen LogP contribution in [-0.2, 0) is 4.74 Å². The number of nitrogens with zero attached hydrogens (tertiary/aromatic N) is 2. The van der Waals surface area contributed by atoms with E-state index in [1.54, 1.807) is 19.9 Å². The van der Waals surface area contributed by atoms with Crippen molar-refractivity contribution in [2.45, 2.75) is 20.8 Å². The molecule has 0 spiro atoms. The number of carbonyl (C=O) groups is 1. The lowest BCUT2D eigenvalue weighted by Gasteiger charge is -2.09. The summed E-state index contributed by atoms with van der Waals surface area (Å²) in [5, 5.41) is 9.32. The summed E-state index contributed by atoms with van der Waals surface area (Å²) >= 11 is 0. The minimum absolute atomic E-state index is 0.292. The third kappa shape index (κ3) is 3.09. The molecule has 21 heavy (non-hydrogen) atoms. The molecular weight excluding hydrogens is 264 g/mol. The molecule has 1 aromatic carbocycles. The van der Waals surface area contributed by atoms with Gasteiger partial charge in [-0.3, -0.25) is 4.98 Å². The lowest BCUT2D eigenvalue weighted by Crippen LogP contribution is -2.09. The molecule has 4 nitrogen and oxygen atoms in total. The van der Waals surface area contributed by atoms with E-state index in [4.69, 9.17) is 4.74 Å². The van der Waals surface area contributed by atoms with Gasteiger partial charge in [0.25, 0.3) is 0 Å². The molecular formula is C17H16N2O2. The van der Waals surface area contributed by atoms with Crippen molar-refractivity contribution in [3.63, 3.8) is 0 Å². The van der Waals surface area contributed by atoms with Crippen LogP contribution in [0.4, 0.5) is 0 Å². The van der Waals surface area contributed by atoms with E-state index < -0.39 is 5.97 Å². The summed E-state index contributed by atoms with van der Waals surface area (Å²) < 4.78 is 4.98. The number of nitriles is 1. The van der Waals surface area contributed by atoms with Crippen molar-refractivity contribution < 1.29 is 9.53 Å². The summed E-state index contributed by atoms with van der Waals surface area (Å²) in [5.41, 5.74) is 3.84. The largest absolute Gasteiger partial charge is 0.462 e. The quantitative estimate of drug-likeness (QED) is 0.808. The van der Waals surface area contributed by atoms with E-state index in [0.29, 0.717) is 29.1 Å². The summed E-state index contributed by atoms with van der Waals surface area (Å²) in [7, 11) is 0. The zero-order valence-electron chi connectivity index (χ0n) is 12.3. The summed E-state index contributed by atoms with van der Waals surface area (Å²) in [6.45, 7) is 5.77. The second kappa shape index (κ2) is 6.19. The highest BCUT2D eigenvalue weighted by molar-refractivity contribution is 5.91. The number of hydrogen-bond donors (Lipinski definition) is 0. The molecule has 0 aliphatic carbocycles. The first-order chi connectivity index (χ1) is 10.1. The number of esters is 1. The van der Waals surface area contributed by atoms with Gasteiger partial charge in [0.1, 0.15) is 6.07 Å². The van der Waals surface area contributed by atoms with E-state index in [1.807, 2.05) is 31.2 Å². The maximum Gasteiger partial charge on any atom is 0.340 e. The number of carbonyl (C=O) groups excluding carboxylic acids is 1. The zero-order valence-corrected chi connectivity index (χ0v) is 12.3. The van der Waals surface area contributed by atoms with Gasteiger partial charge in [0.2, 0.25) is 0 Å². The molecule has 0 radical (unpaired) electrons. The number of aromatic nitrogens is 1. The molecule has 2 rings (SSSR count).